The lowest BCUT2D eigenvalue weighted by Crippen LogP contribution is -2.44. The number of aromatic hydroxyl groups is 1. The van der Waals surface area contributed by atoms with Crippen LogP contribution >= 0.6 is 0 Å². The monoisotopic (exact) mass is 250 g/mol. The van der Waals surface area contributed by atoms with Crippen LogP contribution < -0.4 is 0 Å². The van der Waals surface area contributed by atoms with Gasteiger partial charge in [0.05, 0.1) is 11.7 Å². The van der Waals surface area contributed by atoms with Crippen LogP contribution in [0, 0.1) is 5.92 Å². The van der Waals surface area contributed by atoms with Gasteiger partial charge in [-0.3, -0.25) is 0 Å². The maximum atomic E-state index is 10.7. The molecule has 0 bridgehead atoms. The number of hydrogen-bond donors (Lipinski definition) is 2. The molecule has 0 aromatic heterocycles. The summed E-state index contributed by atoms with van der Waals surface area (Å²) in [5.41, 5.74) is 0.267. The molecule has 1 aliphatic rings. The van der Waals surface area contributed by atoms with Gasteiger partial charge in [-0.15, -0.1) is 0 Å². The highest BCUT2D eigenvalue weighted by Crippen LogP contribution is 2.31. The highest BCUT2D eigenvalue weighted by molar-refractivity contribution is 5.28. The van der Waals surface area contributed by atoms with Gasteiger partial charge >= 0.3 is 0 Å². The molecular formula is C15H22O3. The minimum atomic E-state index is -0.707. The zero-order valence-electron chi connectivity index (χ0n) is 11.1. The Kier molecular flexibility index (Phi) is 3.93. The Balaban J connectivity index is 2.07. The zero-order chi connectivity index (χ0) is 13.2. The van der Waals surface area contributed by atoms with Crippen molar-refractivity contribution in [3.63, 3.8) is 0 Å². The molecule has 1 heterocycles. The molecule has 1 aromatic rings. The topological polar surface area (TPSA) is 49.7 Å². The molecule has 3 heteroatoms. The predicted octanol–water partition coefficient (Wildman–Crippen LogP) is 2.50. The SMILES string of the molecule is CC(C)C1CC(O)(Cc2cccc(O)c2)CCO1. The summed E-state index contributed by atoms with van der Waals surface area (Å²) in [7, 11) is 0. The minimum Gasteiger partial charge on any atom is -0.508 e. The minimum absolute atomic E-state index is 0.126. The van der Waals surface area contributed by atoms with Gasteiger partial charge in [0.1, 0.15) is 5.75 Å². The molecule has 2 rings (SSSR count). The van der Waals surface area contributed by atoms with Crippen LogP contribution in [0.25, 0.3) is 0 Å². The van der Waals surface area contributed by atoms with E-state index in [9.17, 15) is 10.2 Å². The van der Waals surface area contributed by atoms with E-state index in [1.165, 1.54) is 0 Å². The fraction of sp³-hybridized carbons (Fsp3) is 0.600. The second kappa shape index (κ2) is 5.29. The molecule has 1 aromatic carbocycles. The van der Waals surface area contributed by atoms with E-state index in [2.05, 4.69) is 13.8 Å². The lowest BCUT2D eigenvalue weighted by molar-refractivity contribution is -0.116. The molecule has 0 amide bonds. The lowest BCUT2D eigenvalue weighted by Gasteiger charge is -2.38. The molecule has 2 unspecified atom stereocenters. The molecule has 0 spiro atoms. The average molecular weight is 250 g/mol. The third kappa shape index (κ3) is 3.24. The highest BCUT2D eigenvalue weighted by Gasteiger charge is 2.36. The molecule has 0 aliphatic carbocycles. The van der Waals surface area contributed by atoms with Crippen molar-refractivity contribution >= 4 is 0 Å². The molecule has 1 fully saturated rings. The van der Waals surface area contributed by atoms with E-state index in [-0.39, 0.29) is 11.9 Å². The van der Waals surface area contributed by atoms with Crippen molar-refractivity contribution in [3.05, 3.63) is 29.8 Å². The number of phenols is 1. The standard InChI is InChI=1S/C15H22O3/c1-11(2)14-10-15(17,6-7-18-14)9-12-4-3-5-13(16)8-12/h3-5,8,11,14,16-17H,6-7,9-10H2,1-2H3. The number of aliphatic hydroxyl groups is 1. The van der Waals surface area contributed by atoms with E-state index in [0.717, 1.165) is 5.56 Å². The largest absolute Gasteiger partial charge is 0.508 e. The van der Waals surface area contributed by atoms with Gasteiger partial charge in [0.15, 0.2) is 0 Å². The summed E-state index contributed by atoms with van der Waals surface area (Å²) in [4.78, 5) is 0. The van der Waals surface area contributed by atoms with Crippen LogP contribution in [0.2, 0.25) is 0 Å². The van der Waals surface area contributed by atoms with Crippen LogP contribution in [0.15, 0.2) is 24.3 Å². The maximum absolute atomic E-state index is 10.7. The first kappa shape index (κ1) is 13.4. The Morgan fingerprint density at radius 1 is 1.44 bits per heavy atom. The summed E-state index contributed by atoms with van der Waals surface area (Å²) in [6.45, 7) is 4.84. The van der Waals surface area contributed by atoms with E-state index in [4.69, 9.17) is 4.74 Å². The third-order valence-electron chi connectivity index (χ3n) is 3.67. The molecular weight excluding hydrogens is 228 g/mol. The molecule has 2 atom stereocenters. The summed E-state index contributed by atoms with van der Waals surface area (Å²) in [5.74, 6) is 0.671. The Morgan fingerprint density at radius 2 is 2.22 bits per heavy atom. The number of ether oxygens (including phenoxy) is 1. The number of hydrogen-bond acceptors (Lipinski definition) is 3. The summed E-state index contributed by atoms with van der Waals surface area (Å²) in [5, 5.41) is 20.1. The van der Waals surface area contributed by atoms with Crippen LogP contribution in [0.1, 0.15) is 32.3 Å². The van der Waals surface area contributed by atoms with Crippen molar-refractivity contribution in [2.24, 2.45) is 5.92 Å². The average Bonchev–Trinajstić information content (AvgIpc) is 2.28. The summed E-state index contributed by atoms with van der Waals surface area (Å²) in [6, 6.07) is 7.12. The first-order valence-electron chi connectivity index (χ1n) is 6.60. The van der Waals surface area contributed by atoms with Crippen molar-refractivity contribution in [1.29, 1.82) is 0 Å². The van der Waals surface area contributed by atoms with Crippen LogP contribution in [0.3, 0.4) is 0 Å². The van der Waals surface area contributed by atoms with Crippen molar-refractivity contribution < 1.29 is 14.9 Å². The second-order valence-electron chi connectivity index (χ2n) is 5.68. The van der Waals surface area contributed by atoms with Gasteiger partial charge in [0.25, 0.3) is 0 Å². The third-order valence-corrected chi connectivity index (χ3v) is 3.67. The smallest absolute Gasteiger partial charge is 0.115 e. The molecule has 100 valence electrons. The molecule has 3 nitrogen and oxygen atoms in total. The molecule has 18 heavy (non-hydrogen) atoms. The Bertz CT molecular complexity index is 402. The summed E-state index contributed by atoms with van der Waals surface area (Å²) < 4.78 is 5.69. The van der Waals surface area contributed by atoms with Gasteiger partial charge in [-0.05, 0) is 30.0 Å². The molecule has 0 radical (unpaired) electrons. The molecule has 1 aliphatic heterocycles. The van der Waals surface area contributed by atoms with Gasteiger partial charge in [-0.1, -0.05) is 26.0 Å². The molecule has 2 N–H and O–H groups in total. The van der Waals surface area contributed by atoms with Gasteiger partial charge in [-0.2, -0.15) is 0 Å². The van der Waals surface area contributed by atoms with Crippen LogP contribution in [-0.4, -0.2) is 28.5 Å². The van der Waals surface area contributed by atoms with E-state index >= 15 is 0 Å². The van der Waals surface area contributed by atoms with E-state index in [1.54, 1.807) is 12.1 Å². The zero-order valence-corrected chi connectivity index (χ0v) is 11.1. The van der Waals surface area contributed by atoms with Crippen LogP contribution in [0.4, 0.5) is 0 Å². The first-order chi connectivity index (χ1) is 8.48. The Hall–Kier alpha value is -1.06. The summed E-state index contributed by atoms with van der Waals surface area (Å²) in [6.07, 6.45) is 2.03. The van der Waals surface area contributed by atoms with Gasteiger partial charge < -0.3 is 14.9 Å². The van der Waals surface area contributed by atoms with Crippen LogP contribution in [-0.2, 0) is 11.2 Å². The highest BCUT2D eigenvalue weighted by atomic mass is 16.5. The van der Waals surface area contributed by atoms with Crippen molar-refractivity contribution in [3.8, 4) is 5.75 Å². The van der Waals surface area contributed by atoms with Gasteiger partial charge in [-0.25, -0.2) is 0 Å². The van der Waals surface area contributed by atoms with E-state index in [0.29, 0.717) is 31.8 Å². The normalized spacial score (nSPS) is 28.6. The summed E-state index contributed by atoms with van der Waals surface area (Å²) >= 11 is 0. The van der Waals surface area contributed by atoms with Crippen molar-refractivity contribution in [2.75, 3.05) is 6.61 Å². The number of rotatable bonds is 3. The van der Waals surface area contributed by atoms with Gasteiger partial charge in [0.2, 0.25) is 0 Å². The Labute approximate surface area is 108 Å². The van der Waals surface area contributed by atoms with Crippen molar-refractivity contribution in [1.82, 2.24) is 0 Å². The maximum Gasteiger partial charge on any atom is 0.115 e. The number of phenolic OH excluding ortho intramolecular Hbond substituents is 1. The van der Waals surface area contributed by atoms with E-state index in [1.807, 2.05) is 12.1 Å². The second-order valence-corrected chi connectivity index (χ2v) is 5.68. The lowest BCUT2D eigenvalue weighted by atomic mass is 9.82. The fourth-order valence-corrected chi connectivity index (χ4v) is 2.57. The number of benzene rings is 1. The fourth-order valence-electron chi connectivity index (χ4n) is 2.57. The first-order valence-corrected chi connectivity index (χ1v) is 6.60. The van der Waals surface area contributed by atoms with Crippen molar-refractivity contribution in [2.45, 2.75) is 44.8 Å². The quantitative estimate of drug-likeness (QED) is 0.866. The van der Waals surface area contributed by atoms with E-state index < -0.39 is 5.60 Å². The predicted molar refractivity (Wildman–Crippen MR) is 70.6 cm³/mol. The van der Waals surface area contributed by atoms with Gasteiger partial charge in [0, 0.05) is 19.4 Å². The molecule has 1 saturated heterocycles. The van der Waals surface area contributed by atoms with Crippen LogP contribution in [0.5, 0.6) is 5.75 Å². The molecule has 0 saturated carbocycles. The Morgan fingerprint density at radius 3 is 2.89 bits per heavy atom.